The molecule has 0 heterocycles. The summed E-state index contributed by atoms with van der Waals surface area (Å²) in [7, 11) is -6.00. The van der Waals surface area contributed by atoms with Crippen LogP contribution in [0.3, 0.4) is 0 Å². The predicted molar refractivity (Wildman–Crippen MR) is 21.4 cm³/mol. The van der Waals surface area contributed by atoms with Crippen LogP contribution in [0.4, 0.5) is 17.3 Å². The van der Waals surface area contributed by atoms with Crippen molar-refractivity contribution in [3.63, 3.8) is 0 Å². The average Bonchev–Trinajstić information content (AvgIpc) is 1.36. The van der Waals surface area contributed by atoms with Crippen molar-refractivity contribution < 1.29 is 68.6 Å². The molecule has 0 aliphatic heterocycles. The topological polar surface area (TPSA) is 0 Å². The van der Waals surface area contributed by atoms with E-state index < -0.39 is 7.25 Å². The third-order valence-corrected chi connectivity index (χ3v) is 0. The molecule has 0 aromatic carbocycles. The molecule has 0 aromatic rings. The molecule has 44 valence electrons. The first-order valence-electron chi connectivity index (χ1n) is 1.37. The van der Waals surface area contributed by atoms with Crippen LogP contribution in [0.1, 0.15) is 0 Å². The normalized spacial score (nSPS) is 8.00. The zero-order valence-electron chi connectivity index (χ0n) is 4.50. The van der Waals surface area contributed by atoms with E-state index in [0.29, 0.717) is 0 Å². The minimum absolute atomic E-state index is 0. The van der Waals surface area contributed by atoms with E-state index in [0.717, 1.165) is 0 Å². The van der Waals surface area contributed by atoms with E-state index in [2.05, 4.69) is 13.2 Å². The SMILES string of the molecule is C=C.F[B-](F)(F)F.[K+]. The fraction of sp³-hybridized carbons (Fsp3) is 0. The quantitative estimate of drug-likeness (QED) is 0.241. The van der Waals surface area contributed by atoms with Crippen LogP contribution < -0.4 is 51.4 Å². The van der Waals surface area contributed by atoms with Gasteiger partial charge < -0.3 is 17.3 Å². The van der Waals surface area contributed by atoms with Crippen LogP contribution in [0.15, 0.2) is 13.2 Å². The largest absolute Gasteiger partial charge is 1.00 e. The Labute approximate surface area is 87.9 Å². The maximum Gasteiger partial charge on any atom is 1.00 e. The molecule has 0 unspecified atom stereocenters. The Balaban J connectivity index is -0.0000000750. The average molecular weight is 154 g/mol. The van der Waals surface area contributed by atoms with Crippen molar-refractivity contribution in [2.75, 3.05) is 0 Å². The second-order valence-corrected chi connectivity index (χ2v) is 0.495. The summed E-state index contributed by atoms with van der Waals surface area (Å²) in [5.41, 5.74) is 0. The number of halogens is 4. The fourth-order valence-corrected chi connectivity index (χ4v) is 0. The first-order chi connectivity index (χ1) is 3.00. The van der Waals surface area contributed by atoms with Crippen molar-refractivity contribution >= 4 is 7.25 Å². The van der Waals surface area contributed by atoms with Crippen LogP contribution in [0.2, 0.25) is 0 Å². The van der Waals surface area contributed by atoms with Gasteiger partial charge in [-0.1, -0.05) is 0 Å². The van der Waals surface area contributed by atoms with Crippen LogP contribution in [0.25, 0.3) is 0 Å². The van der Waals surface area contributed by atoms with Gasteiger partial charge in [0.15, 0.2) is 0 Å². The molecular formula is C2H4BF4K. The second-order valence-electron chi connectivity index (χ2n) is 0.495. The Hall–Kier alpha value is 1.16. The van der Waals surface area contributed by atoms with Crippen molar-refractivity contribution in [2.24, 2.45) is 0 Å². The van der Waals surface area contributed by atoms with Crippen LogP contribution in [0.5, 0.6) is 0 Å². The standard InChI is InChI=1S/C2H4.BF4.K/c1-2;2-1(3,4)5;/h1-2H2;;/q;-1;+1. The molecule has 0 spiro atoms. The second kappa shape index (κ2) is 8.16. The summed E-state index contributed by atoms with van der Waals surface area (Å²) in [5.74, 6) is 0. The molecule has 0 saturated heterocycles. The third kappa shape index (κ3) is 202. The first kappa shape index (κ1) is 16.1. The summed E-state index contributed by atoms with van der Waals surface area (Å²) in [4.78, 5) is 0. The van der Waals surface area contributed by atoms with Crippen LogP contribution in [0, 0.1) is 0 Å². The van der Waals surface area contributed by atoms with Crippen molar-refractivity contribution in [1.29, 1.82) is 0 Å². The van der Waals surface area contributed by atoms with E-state index >= 15 is 0 Å². The molecule has 0 amide bonds. The number of hydrogen-bond acceptors (Lipinski definition) is 0. The van der Waals surface area contributed by atoms with Crippen LogP contribution in [-0.2, 0) is 0 Å². The van der Waals surface area contributed by atoms with Gasteiger partial charge in [-0.05, 0) is 0 Å². The number of hydrogen-bond donors (Lipinski definition) is 0. The van der Waals surface area contributed by atoms with E-state index in [4.69, 9.17) is 0 Å². The van der Waals surface area contributed by atoms with E-state index in [1.807, 2.05) is 0 Å². The Morgan fingerprint density at radius 1 is 0.875 bits per heavy atom. The van der Waals surface area contributed by atoms with Crippen molar-refractivity contribution in [3.8, 4) is 0 Å². The van der Waals surface area contributed by atoms with Gasteiger partial charge in [-0.25, -0.2) is 0 Å². The van der Waals surface area contributed by atoms with Crippen LogP contribution in [-0.4, -0.2) is 7.25 Å². The molecule has 6 heteroatoms. The van der Waals surface area contributed by atoms with Crippen LogP contribution >= 0.6 is 0 Å². The smallest absolute Gasteiger partial charge is 0.418 e. The summed E-state index contributed by atoms with van der Waals surface area (Å²) in [6, 6.07) is 0. The first-order valence-corrected chi connectivity index (χ1v) is 1.37. The molecule has 0 aliphatic carbocycles. The molecule has 0 radical (unpaired) electrons. The van der Waals surface area contributed by atoms with Gasteiger partial charge in [-0.2, -0.15) is 0 Å². The number of rotatable bonds is 0. The van der Waals surface area contributed by atoms with Crippen molar-refractivity contribution in [3.05, 3.63) is 13.2 Å². The zero-order valence-corrected chi connectivity index (χ0v) is 7.63. The fourth-order valence-electron chi connectivity index (χ4n) is 0. The Morgan fingerprint density at radius 3 is 0.875 bits per heavy atom. The Kier molecular flexibility index (Phi) is 16.4. The molecule has 0 N–H and O–H groups in total. The van der Waals surface area contributed by atoms with Crippen molar-refractivity contribution in [2.45, 2.75) is 0 Å². The molecule has 8 heavy (non-hydrogen) atoms. The van der Waals surface area contributed by atoms with Gasteiger partial charge in [0.2, 0.25) is 0 Å². The van der Waals surface area contributed by atoms with Gasteiger partial charge in [-0.3, -0.25) is 0 Å². The van der Waals surface area contributed by atoms with Gasteiger partial charge in [0.05, 0.1) is 0 Å². The van der Waals surface area contributed by atoms with Crippen molar-refractivity contribution in [1.82, 2.24) is 0 Å². The molecule has 0 atom stereocenters. The summed E-state index contributed by atoms with van der Waals surface area (Å²) in [6.07, 6.45) is 0. The van der Waals surface area contributed by atoms with E-state index in [-0.39, 0.29) is 51.4 Å². The molecule has 0 bridgehead atoms. The summed E-state index contributed by atoms with van der Waals surface area (Å²) in [5, 5.41) is 0. The van der Waals surface area contributed by atoms with E-state index in [9.17, 15) is 17.3 Å². The maximum absolute atomic E-state index is 9.75. The molecule has 0 aromatic heterocycles. The molecule has 0 fully saturated rings. The monoisotopic (exact) mass is 154 g/mol. The summed E-state index contributed by atoms with van der Waals surface area (Å²) in [6.45, 7) is 6.00. The summed E-state index contributed by atoms with van der Waals surface area (Å²) < 4.78 is 39.0. The van der Waals surface area contributed by atoms with Gasteiger partial charge in [0, 0.05) is 0 Å². The Morgan fingerprint density at radius 2 is 0.875 bits per heavy atom. The van der Waals surface area contributed by atoms with Gasteiger partial charge >= 0.3 is 58.6 Å². The molecule has 0 nitrogen and oxygen atoms in total. The third-order valence-electron chi connectivity index (χ3n) is 0. The zero-order chi connectivity index (χ0) is 6.50. The molecule has 0 saturated carbocycles. The predicted octanol–water partition coefficient (Wildman–Crippen LogP) is -0.894. The summed E-state index contributed by atoms with van der Waals surface area (Å²) >= 11 is 0. The van der Waals surface area contributed by atoms with E-state index in [1.54, 1.807) is 0 Å². The van der Waals surface area contributed by atoms with Gasteiger partial charge in [-0.15, -0.1) is 13.2 Å². The molecule has 0 aliphatic rings. The minimum atomic E-state index is -6.00. The minimum Gasteiger partial charge on any atom is -0.418 e. The van der Waals surface area contributed by atoms with E-state index in [1.165, 1.54) is 0 Å². The molecule has 0 rings (SSSR count). The molecular weight excluding hydrogens is 150 g/mol. The van der Waals surface area contributed by atoms with Gasteiger partial charge in [0.25, 0.3) is 0 Å². The van der Waals surface area contributed by atoms with Gasteiger partial charge in [0.1, 0.15) is 0 Å². The maximum atomic E-state index is 9.75. The Bertz CT molecular complexity index is 37.8.